The molecule has 2 amide bonds. The van der Waals surface area contributed by atoms with Crippen molar-refractivity contribution in [3.63, 3.8) is 0 Å². The molecule has 0 fully saturated rings. The molecule has 0 aliphatic rings. The van der Waals surface area contributed by atoms with Gasteiger partial charge in [-0.1, -0.05) is 32.0 Å². The summed E-state index contributed by atoms with van der Waals surface area (Å²) >= 11 is 0. The Morgan fingerprint density at radius 1 is 1.22 bits per heavy atom. The molecular weight excluding hydrogens is 252 g/mol. The van der Waals surface area contributed by atoms with E-state index < -0.39 is 17.9 Å². The number of imide groups is 1. The smallest absolute Gasteiger partial charge is 0.257 e. The highest BCUT2D eigenvalue weighted by Crippen LogP contribution is 2.03. The maximum Gasteiger partial charge on any atom is 0.257 e. The number of rotatable bonds is 4. The average Bonchev–Trinajstić information content (AvgIpc) is 2.29. The van der Waals surface area contributed by atoms with Gasteiger partial charge in [-0.3, -0.25) is 14.9 Å². The molecule has 0 aliphatic carbocycles. The molecule has 100 valence electrons. The lowest BCUT2D eigenvalue weighted by Gasteiger charge is -2.13. The fourth-order valence-corrected chi connectivity index (χ4v) is 1.48. The van der Waals surface area contributed by atoms with Crippen LogP contribution < -0.4 is 11.1 Å². The van der Waals surface area contributed by atoms with Crippen LogP contribution in [-0.2, 0) is 4.79 Å². The van der Waals surface area contributed by atoms with Crippen LogP contribution in [0.25, 0.3) is 0 Å². The Bertz CT molecular complexity index is 393. The Kier molecular flexibility index (Phi) is 7.24. The quantitative estimate of drug-likeness (QED) is 0.875. The maximum atomic E-state index is 11.7. The standard InChI is InChI=1S/C13H18N2O2.ClH/c1-9(2)8-11(14)13(17)15-12(16)10-6-4-3-5-7-10;/h3-7,9,11H,8,14H2,1-2H3,(H,15,16,17);1H/t11-;/m0./s1. The lowest BCUT2D eigenvalue weighted by atomic mass is 10.0. The van der Waals surface area contributed by atoms with Gasteiger partial charge in [0, 0.05) is 5.56 Å². The molecule has 1 aromatic carbocycles. The molecule has 4 nitrogen and oxygen atoms in total. The van der Waals surface area contributed by atoms with Crippen molar-refractivity contribution >= 4 is 24.2 Å². The number of benzene rings is 1. The average molecular weight is 271 g/mol. The number of nitrogens with two attached hydrogens (primary N) is 1. The van der Waals surface area contributed by atoms with Crippen LogP contribution in [0.3, 0.4) is 0 Å². The van der Waals surface area contributed by atoms with E-state index in [2.05, 4.69) is 5.32 Å². The van der Waals surface area contributed by atoms with Crippen LogP contribution in [-0.4, -0.2) is 17.9 Å². The predicted octanol–water partition coefficient (Wildman–Crippen LogP) is 1.74. The van der Waals surface area contributed by atoms with E-state index in [1.165, 1.54) is 0 Å². The summed E-state index contributed by atoms with van der Waals surface area (Å²) in [6.07, 6.45) is 0.563. The molecule has 1 atom stereocenters. The van der Waals surface area contributed by atoms with Crippen molar-refractivity contribution in [2.24, 2.45) is 11.7 Å². The molecule has 0 saturated heterocycles. The number of carbonyl (C=O) groups is 2. The van der Waals surface area contributed by atoms with Gasteiger partial charge in [0.05, 0.1) is 6.04 Å². The summed E-state index contributed by atoms with van der Waals surface area (Å²) in [6.45, 7) is 3.96. The van der Waals surface area contributed by atoms with Crippen molar-refractivity contribution in [3.05, 3.63) is 35.9 Å². The molecule has 0 aromatic heterocycles. The van der Waals surface area contributed by atoms with E-state index in [1.54, 1.807) is 24.3 Å². The second-order valence-electron chi connectivity index (χ2n) is 4.42. The zero-order chi connectivity index (χ0) is 12.8. The molecule has 0 aliphatic heterocycles. The normalized spacial score (nSPS) is 11.6. The number of carbonyl (C=O) groups excluding carboxylic acids is 2. The van der Waals surface area contributed by atoms with Crippen LogP contribution in [0.4, 0.5) is 0 Å². The molecule has 5 heteroatoms. The lowest BCUT2D eigenvalue weighted by molar-refractivity contribution is -0.121. The van der Waals surface area contributed by atoms with E-state index in [4.69, 9.17) is 5.73 Å². The fraction of sp³-hybridized carbons (Fsp3) is 0.385. The molecule has 3 N–H and O–H groups in total. The topological polar surface area (TPSA) is 72.2 Å². The van der Waals surface area contributed by atoms with Crippen molar-refractivity contribution in [1.82, 2.24) is 5.32 Å². The number of hydrogen-bond donors (Lipinski definition) is 2. The summed E-state index contributed by atoms with van der Waals surface area (Å²) in [6, 6.07) is 7.96. The van der Waals surface area contributed by atoms with E-state index in [-0.39, 0.29) is 12.4 Å². The third kappa shape index (κ3) is 5.29. The van der Waals surface area contributed by atoms with Crippen LogP contribution in [0.5, 0.6) is 0 Å². The van der Waals surface area contributed by atoms with Gasteiger partial charge in [-0.15, -0.1) is 12.4 Å². The number of nitrogens with one attached hydrogen (secondary N) is 1. The molecule has 1 rings (SSSR count). The molecular formula is C13H19ClN2O2. The SMILES string of the molecule is CC(C)C[C@H](N)C(=O)NC(=O)c1ccccc1.Cl. The zero-order valence-corrected chi connectivity index (χ0v) is 11.4. The van der Waals surface area contributed by atoms with Crippen molar-refractivity contribution in [2.75, 3.05) is 0 Å². The summed E-state index contributed by atoms with van der Waals surface area (Å²) in [5.41, 5.74) is 6.14. The van der Waals surface area contributed by atoms with Gasteiger partial charge in [0.15, 0.2) is 0 Å². The monoisotopic (exact) mass is 270 g/mol. The van der Waals surface area contributed by atoms with E-state index in [1.807, 2.05) is 19.9 Å². The first kappa shape index (κ1) is 16.6. The molecule has 1 aromatic rings. The molecule has 18 heavy (non-hydrogen) atoms. The van der Waals surface area contributed by atoms with Crippen LogP contribution in [0, 0.1) is 5.92 Å². The van der Waals surface area contributed by atoms with Crippen molar-refractivity contribution in [1.29, 1.82) is 0 Å². The van der Waals surface area contributed by atoms with E-state index in [0.29, 0.717) is 17.9 Å². The Labute approximate surface area is 113 Å². The summed E-state index contributed by atoms with van der Waals surface area (Å²) in [4.78, 5) is 23.3. The first-order valence-electron chi connectivity index (χ1n) is 5.66. The van der Waals surface area contributed by atoms with Gasteiger partial charge in [0.2, 0.25) is 5.91 Å². The van der Waals surface area contributed by atoms with Crippen LogP contribution in [0.15, 0.2) is 30.3 Å². The predicted molar refractivity (Wildman–Crippen MR) is 73.6 cm³/mol. The van der Waals surface area contributed by atoms with Gasteiger partial charge in [-0.2, -0.15) is 0 Å². The highest BCUT2D eigenvalue weighted by atomic mass is 35.5. The van der Waals surface area contributed by atoms with Crippen LogP contribution >= 0.6 is 12.4 Å². The van der Waals surface area contributed by atoms with Gasteiger partial charge >= 0.3 is 0 Å². The Hall–Kier alpha value is -1.39. The van der Waals surface area contributed by atoms with Crippen molar-refractivity contribution < 1.29 is 9.59 Å². The molecule has 0 saturated carbocycles. The van der Waals surface area contributed by atoms with Gasteiger partial charge in [-0.05, 0) is 24.5 Å². The van der Waals surface area contributed by atoms with Crippen molar-refractivity contribution in [3.8, 4) is 0 Å². The molecule has 0 bridgehead atoms. The third-order valence-electron chi connectivity index (χ3n) is 2.33. The van der Waals surface area contributed by atoms with E-state index in [9.17, 15) is 9.59 Å². The largest absolute Gasteiger partial charge is 0.320 e. The summed E-state index contributed by atoms with van der Waals surface area (Å²) in [7, 11) is 0. The Morgan fingerprint density at radius 2 is 1.78 bits per heavy atom. The minimum absolute atomic E-state index is 0. The molecule has 0 heterocycles. The lowest BCUT2D eigenvalue weighted by Crippen LogP contribution is -2.44. The number of hydrogen-bond acceptors (Lipinski definition) is 3. The Morgan fingerprint density at radius 3 is 2.28 bits per heavy atom. The van der Waals surface area contributed by atoms with Gasteiger partial charge in [0.1, 0.15) is 0 Å². The highest BCUT2D eigenvalue weighted by molar-refractivity contribution is 6.05. The number of halogens is 1. The second kappa shape index (κ2) is 7.84. The molecule has 0 radical (unpaired) electrons. The van der Waals surface area contributed by atoms with Gasteiger partial charge in [0.25, 0.3) is 5.91 Å². The third-order valence-corrected chi connectivity index (χ3v) is 2.33. The molecule has 0 spiro atoms. The van der Waals surface area contributed by atoms with E-state index >= 15 is 0 Å². The first-order chi connectivity index (χ1) is 8.00. The highest BCUT2D eigenvalue weighted by Gasteiger charge is 2.17. The summed E-state index contributed by atoms with van der Waals surface area (Å²) in [5, 5.41) is 2.30. The number of amides is 2. The maximum absolute atomic E-state index is 11.7. The minimum atomic E-state index is -0.636. The summed E-state index contributed by atoms with van der Waals surface area (Å²) < 4.78 is 0. The van der Waals surface area contributed by atoms with Gasteiger partial charge in [-0.25, -0.2) is 0 Å². The Balaban J connectivity index is 0.00000289. The first-order valence-corrected chi connectivity index (χ1v) is 5.66. The minimum Gasteiger partial charge on any atom is -0.320 e. The fourth-order valence-electron chi connectivity index (χ4n) is 1.48. The molecule has 0 unspecified atom stereocenters. The summed E-state index contributed by atoms with van der Waals surface area (Å²) in [5.74, 6) is -0.509. The zero-order valence-electron chi connectivity index (χ0n) is 10.6. The van der Waals surface area contributed by atoms with Gasteiger partial charge < -0.3 is 5.73 Å². The van der Waals surface area contributed by atoms with Crippen molar-refractivity contribution in [2.45, 2.75) is 26.3 Å². The second-order valence-corrected chi connectivity index (χ2v) is 4.42. The van der Waals surface area contributed by atoms with Crippen LogP contribution in [0.2, 0.25) is 0 Å². The van der Waals surface area contributed by atoms with Crippen LogP contribution in [0.1, 0.15) is 30.6 Å². The van der Waals surface area contributed by atoms with E-state index in [0.717, 1.165) is 0 Å².